The van der Waals surface area contributed by atoms with Crippen molar-refractivity contribution in [3.63, 3.8) is 0 Å². The van der Waals surface area contributed by atoms with E-state index in [4.69, 9.17) is 10.5 Å². The number of benzene rings is 1. The van der Waals surface area contributed by atoms with Gasteiger partial charge in [-0.05, 0) is 37.5 Å². The van der Waals surface area contributed by atoms with Crippen LogP contribution >= 0.6 is 0 Å². The summed E-state index contributed by atoms with van der Waals surface area (Å²) in [5.74, 6) is 1.11. The Kier molecular flexibility index (Phi) is 8.00. The summed E-state index contributed by atoms with van der Waals surface area (Å²) in [5.41, 5.74) is 8.06. The topological polar surface area (TPSA) is 81.4 Å². The zero-order chi connectivity index (χ0) is 15.7. The maximum atomic E-state index is 11.8. The molecule has 0 aliphatic heterocycles. The van der Waals surface area contributed by atoms with Crippen LogP contribution in [0.5, 0.6) is 0 Å². The van der Waals surface area contributed by atoms with Crippen LogP contribution in [0.4, 0.5) is 11.4 Å². The maximum Gasteiger partial charge on any atom is 0.224 e. The van der Waals surface area contributed by atoms with E-state index >= 15 is 0 Å². The van der Waals surface area contributed by atoms with Gasteiger partial charge in [-0.25, -0.2) is 0 Å². The van der Waals surface area contributed by atoms with Crippen LogP contribution in [0.2, 0.25) is 0 Å². The molecule has 0 spiro atoms. The molecule has 118 valence electrons. The van der Waals surface area contributed by atoms with Crippen molar-refractivity contribution in [1.82, 2.24) is 0 Å². The lowest BCUT2D eigenvalue weighted by atomic mass is 10.1. The second kappa shape index (κ2) is 9.52. The van der Waals surface area contributed by atoms with E-state index in [1.54, 1.807) is 13.2 Å². The molecule has 0 fully saturated rings. The monoisotopic (exact) mass is 312 g/mol. The smallest absolute Gasteiger partial charge is 0.224 e. The molecular weight excluding hydrogens is 288 g/mol. The molecule has 1 aromatic rings. The molecule has 1 amide bonds. The van der Waals surface area contributed by atoms with Crippen LogP contribution < -0.4 is 11.1 Å². The minimum absolute atomic E-state index is 0.0717. The van der Waals surface area contributed by atoms with E-state index in [0.29, 0.717) is 36.6 Å². The van der Waals surface area contributed by atoms with Crippen LogP contribution in [0.3, 0.4) is 0 Å². The average Bonchev–Trinajstić information content (AvgIpc) is 2.44. The standard InChI is InChI=1S/C15H24N2O3S/c1-12-13(16)6-3-7-14(12)17-15(18)8-4-10-21(19)11-5-9-20-2/h3,6-7H,4-5,8-11,16H2,1-2H3,(H,17,18). The summed E-state index contributed by atoms with van der Waals surface area (Å²) in [6.45, 7) is 2.50. The Bertz CT molecular complexity index is 492. The van der Waals surface area contributed by atoms with Crippen LogP contribution in [-0.4, -0.2) is 35.3 Å². The van der Waals surface area contributed by atoms with Gasteiger partial charge in [-0.15, -0.1) is 0 Å². The van der Waals surface area contributed by atoms with Crippen molar-refractivity contribution >= 4 is 28.1 Å². The Hall–Kier alpha value is -1.40. The molecule has 0 saturated carbocycles. The van der Waals surface area contributed by atoms with Gasteiger partial charge in [0.2, 0.25) is 5.91 Å². The molecule has 0 aliphatic rings. The Morgan fingerprint density at radius 2 is 2.05 bits per heavy atom. The molecule has 1 rings (SSSR count). The van der Waals surface area contributed by atoms with E-state index < -0.39 is 10.8 Å². The van der Waals surface area contributed by atoms with Crippen LogP contribution in [0.25, 0.3) is 0 Å². The van der Waals surface area contributed by atoms with Crippen molar-refractivity contribution < 1.29 is 13.7 Å². The number of rotatable bonds is 9. The number of ether oxygens (including phenoxy) is 1. The number of carbonyl (C=O) groups is 1. The SMILES string of the molecule is COCCCS(=O)CCCC(=O)Nc1cccc(N)c1C. The second-order valence-electron chi connectivity index (χ2n) is 4.87. The highest BCUT2D eigenvalue weighted by atomic mass is 32.2. The van der Waals surface area contributed by atoms with Gasteiger partial charge in [-0.1, -0.05) is 6.07 Å². The molecule has 0 saturated heterocycles. The van der Waals surface area contributed by atoms with Gasteiger partial charge in [0.15, 0.2) is 0 Å². The molecule has 0 heterocycles. The minimum atomic E-state index is -0.872. The first kappa shape index (κ1) is 17.7. The lowest BCUT2D eigenvalue weighted by Crippen LogP contribution is -2.14. The maximum absolute atomic E-state index is 11.8. The van der Waals surface area contributed by atoms with Crippen LogP contribution in [0, 0.1) is 6.92 Å². The van der Waals surface area contributed by atoms with Crippen LogP contribution in [0.1, 0.15) is 24.8 Å². The van der Waals surface area contributed by atoms with E-state index in [9.17, 15) is 9.00 Å². The van der Waals surface area contributed by atoms with Crippen molar-refractivity contribution in [3.8, 4) is 0 Å². The Balaban J connectivity index is 2.28. The fraction of sp³-hybridized carbons (Fsp3) is 0.533. The zero-order valence-electron chi connectivity index (χ0n) is 12.7. The predicted octanol–water partition coefficient (Wildman–Crippen LogP) is 2.08. The first-order chi connectivity index (χ1) is 10.0. The van der Waals surface area contributed by atoms with Gasteiger partial charge in [0.1, 0.15) is 0 Å². The number of hydrogen-bond acceptors (Lipinski definition) is 4. The summed E-state index contributed by atoms with van der Waals surface area (Å²) in [6, 6.07) is 5.43. The molecule has 5 nitrogen and oxygen atoms in total. The number of nitrogens with two attached hydrogens (primary N) is 1. The molecule has 3 N–H and O–H groups in total. The third kappa shape index (κ3) is 6.73. The third-order valence-electron chi connectivity index (χ3n) is 3.15. The molecule has 6 heteroatoms. The van der Waals surface area contributed by atoms with E-state index in [0.717, 1.165) is 17.7 Å². The highest BCUT2D eigenvalue weighted by molar-refractivity contribution is 7.84. The Labute approximate surface area is 128 Å². The summed E-state index contributed by atoms with van der Waals surface area (Å²) in [4.78, 5) is 11.8. The Morgan fingerprint density at radius 3 is 2.76 bits per heavy atom. The molecule has 0 bridgehead atoms. The minimum Gasteiger partial charge on any atom is -0.398 e. The molecule has 0 aliphatic carbocycles. The van der Waals surface area contributed by atoms with Gasteiger partial charge >= 0.3 is 0 Å². The number of nitrogens with one attached hydrogen (secondary N) is 1. The van der Waals surface area contributed by atoms with Gasteiger partial charge in [-0.3, -0.25) is 9.00 Å². The fourth-order valence-electron chi connectivity index (χ4n) is 1.86. The van der Waals surface area contributed by atoms with Gasteiger partial charge in [0.05, 0.1) is 0 Å². The summed E-state index contributed by atoms with van der Waals surface area (Å²) < 4.78 is 16.6. The molecular formula is C15H24N2O3S. The van der Waals surface area contributed by atoms with Crippen molar-refractivity contribution in [1.29, 1.82) is 0 Å². The normalized spacial score (nSPS) is 12.1. The first-order valence-corrected chi connectivity index (χ1v) is 8.52. The summed E-state index contributed by atoms with van der Waals surface area (Å²) in [7, 11) is 0.758. The number of amides is 1. The number of methoxy groups -OCH3 is 1. The predicted molar refractivity (Wildman–Crippen MR) is 87.8 cm³/mol. The summed E-state index contributed by atoms with van der Waals surface area (Å²) in [6.07, 6.45) is 1.77. The number of nitrogen functional groups attached to an aromatic ring is 1. The lowest BCUT2D eigenvalue weighted by molar-refractivity contribution is -0.116. The fourth-order valence-corrected chi connectivity index (χ4v) is 2.97. The number of hydrogen-bond donors (Lipinski definition) is 2. The lowest BCUT2D eigenvalue weighted by Gasteiger charge is -2.10. The second-order valence-corrected chi connectivity index (χ2v) is 6.56. The van der Waals surface area contributed by atoms with E-state index in [-0.39, 0.29) is 5.91 Å². The summed E-state index contributed by atoms with van der Waals surface area (Å²) in [5, 5.41) is 2.84. The first-order valence-electron chi connectivity index (χ1n) is 7.03. The van der Waals surface area contributed by atoms with Crippen molar-refractivity contribution in [2.45, 2.75) is 26.2 Å². The zero-order valence-corrected chi connectivity index (χ0v) is 13.5. The molecule has 0 radical (unpaired) electrons. The highest BCUT2D eigenvalue weighted by Crippen LogP contribution is 2.20. The Morgan fingerprint density at radius 1 is 1.33 bits per heavy atom. The third-order valence-corrected chi connectivity index (χ3v) is 4.63. The molecule has 1 aromatic carbocycles. The van der Waals surface area contributed by atoms with Gasteiger partial charge in [0.25, 0.3) is 0 Å². The van der Waals surface area contributed by atoms with E-state index in [1.807, 2.05) is 19.1 Å². The summed E-state index contributed by atoms with van der Waals surface area (Å²) >= 11 is 0. The number of anilines is 2. The van der Waals surface area contributed by atoms with Gasteiger partial charge < -0.3 is 15.8 Å². The van der Waals surface area contributed by atoms with E-state index in [1.165, 1.54) is 0 Å². The quantitative estimate of drug-likeness (QED) is 0.540. The van der Waals surface area contributed by atoms with Crippen molar-refractivity contribution in [2.75, 3.05) is 36.3 Å². The van der Waals surface area contributed by atoms with Crippen molar-refractivity contribution in [3.05, 3.63) is 23.8 Å². The van der Waals surface area contributed by atoms with Crippen molar-refractivity contribution in [2.24, 2.45) is 0 Å². The molecule has 21 heavy (non-hydrogen) atoms. The average molecular weight is 312 g/mol. The van der Waals surface area contributed by atoms with Gasteiger partial charge in [0, 0.05) is 53.8 Å². The van der Waals surface area contributed by atoms with Crippen LogP contribution in [0.15, 0.2) is 18.2 Å². The molecule has 0 aromatic heterocycles. The molecule has 1 unspecified atom stereocenters. The van der Waals surface area contributed by atoms with E-state index in [2.05, 4.69) is 5.32 Å². The largest absolute Gasteiger partial charge is 0.398 e. The van der Waals surface area contributed by atoms with Crippen LogP contribution in [-0.2, 0) is 20.3 Å². The van der Waals surface area contributed by atoms with Gasteiger partial charge in [-0.2, -0.15) is 0 Å². The number of carbonyl (C=O) groups excluding carboxylic acids is 1. The molecule has 1 atom stereocenters. The highest BCUT2D eigenvalue weighted by Gasteiger charge is 2.07.